The number of hydrogen-bond acceptors (Lipinski definition) is 9. The summed E-state index contributed by atoms with van der Waals surface area (Å²) in [5.74, 6) is -0.692. The van der Waals surface area contributed by atoms with Crippen LogP contribution >= 0.6 is 0 Å². The number of sulfonamides is 2. The summed E-state index contributed by atoms with van der Waals surface area (Å²) in [5.41, 5.74) is 2.20. The van der Waals surface area contributed by atoms with E-state index in [-0.39, 0.29) is 35.6 Å². The van der Waals surface area contributed by atoms with Crippen LogP contribution in [0.4, 0.5) is 16.2 Å². The van der Waals surface area contributed by atoms with E-state index in [2.05, 4.69) is 30.6 Å². The van der Waals surface area contributed by atoms with E-state index >= 15 is 0 Å². The van der Waals surface area contributed by atoms with Gasteiger partial charge in [-0.1, -0.05) is 24.3 Å². The number of rotatable bonds is 8. The average Bonchev–Trinajstić information content (AvgIpc) is 2.85. The Morgan fingerprint density at radius 3 is 2.47 bits per heavy atom. The molecule has 0 atom stereocenters. The van der Waals surface area contributed by atoms with Gasteiger partial charge in [0.2, 0.25) is 26.0 Å². The van der Waals surface area contributed by atoms with Gasteiger partial charge in [-0.25, -0.2) is 36.1 Å². The second-order valence-electron chi connectivity index (χ2n) is 9.10. The molecule has 0 bridgehead atoms. The molecule has 1 aromatic heterocycles. The summed E-state index contributed by atoms with van der Waals surface area (Å²) >= 11 is 0. The molecule has 6 N–H and O–H groups in total. The van der Waals surface area contributed by atoms with Crippen molar-refractivity contribution in [2.45, 2.75) is 38.6 Å². The minimum absolute atomic E-state index is 0.0935. The highest BCUT2D eigenvalue weighted by Crippen LogP contribution is 2.26. The lowest BCUT2D eigenvalue weighted by Crippen LogP contribution is -2.42. The number of primary sulfonamides is 1. The van der Waals surface area contributed by atoms with Crippen LogP contribution in [0.25, 0.3) is 0 Å². The molecular formula is C24H30FN7O4S2. The topological polar surface area (TPSA) is 168 Å². The maximum Gasteiger partial charge on any atom is 0.236 e. The first-order chi connectivity index (χ1) is 18.0. The van der Waals surface area contributed by atoms with Crippen LogP contribution in [-0.4, -0.2) is 45.9 Å². The number of hydrogen-bond donors (Lipinski definition) is 5. The minimum atomic E-state index is -3.80. The second kappa shape index (κ2) is 11.7. The van der Waals surface area contributed by atoms with Crippen molar-refractivity contribution in [2.75, 3.05) is 23.7 Å². The van der Waals surface area contributed by atoms with Gasteiger partial charge in [0, 0.05) is 35.7 Å². The fraction of sp³-hybridized carbons (Fsp3) is 0.333. The molecule has 2 aliphatic carbocycles. The first-order valence-corrected chi connectivity index (χ1v) is 15.0. The van der Waals surface area contributed by atoms with Gasteiger partial charge in [0.05, 0.1) is 11.1 Å². The molecule has 3 aliphatic rings. The summed E-state index contributed by atoms with van der Waals surface area (Å²) in [5, 5.41) is 15.1. The molecule has 1 fully saturated rings. The third kappa shape index (κ3) is 7.68. The fourth-order valence-electron chi connectivity index (χ4n) is 4.17. The molecule has 0 unspecified atom stereocenters. The number of piperidine rings is 1. The Labute approximate surface area is 221 Å². The maximum absolute atomic E-state index is 14.6. The Morgan fingerprint density at radius 2 is 1.76 bits per heavy atom. The van der Waals surface area contributed by atoms with Crippen molar-refractivity contribution >= 4 is 31.8 Å². The van der Waals surface area contributed by atoms with Crippen LogP contribution in [-0.2, 0) is 20.0 Å². The van der Waals surface area contributed by atoms with Gasteiger partial charge in [0.15, 0.2) is 11.6 Å². The number of nitrogens with zero attached hydrogens (tertiary/aromatic N) is 2. The average molecular weight is 564 g/mol. The van der Waals surface area contributed by atoms with Gasteiger partial charge in [-0.2, -0.15) is 4.98 Å². The van der Waals surface area contributed by atoms with Crippen molar-refractivity contribution < 1.29 is 21.2 Å². The van der Waals surface area contributed by atoms with Gasteiger partial charge < -0.3 is 16.0 Å². The Hall–Kier alpha value is -3.17. The van der Waals surface area contributed by atoms with Gasteiger partial charge in [0.25, 0.3) is 0 Å². The van der Waals surface area contributed by atoms with Gasteiger partial charge in [0.1, 0.15) is 0 Å². The summed E-state index contributed by atoms with van der Waals surface area (Å²) in [6.07, 6.45) is 13.1. The lowest BCUT2D eigenvalue weighted by atomic mass is 10.0. The van der Waals surface area contributed by atoms with Crippen LogP contribution in [0.15, 0.2) is 75.5 Å². The normalized spacial score (nSPS) is 21.2. The molecule has 0 amide bonds. The Morgan fingerprint density at radius 1 is 1.08 bits per heavy atom. The van der Waals surface area contributed by atoms with E-state index in [4.69, 9.17) is 5.14 Å². The van der Waals surface area contributed by atoms with Crippen molar-refractivity contribution in [3.63, 3.8) is 0 Å². The largest absolute Gasteiger partial charge is 0.341 e. The summed E-state index contributed by atoms with van der Waals surface area (Å²) in [4.78, 5) is 8.37. The number of halogens is 1. The number of nitrogens with two attached hydrogens (primary N) is 1. The minimum Gasteiger partial charge on any atom is -0.341 e. The molecule has 0 saturated carbocycles. The highest BCUT2D eigenvalue weighted by atomic mass is 32.2. The molecule has 11 nitrogen and oxygen atoms in total. The van der Waals surface area contributed by atoms with Crippen molar-refractivity contribution in [3.05, 3.63) is 81.3 Å². The van der Waals surface area contributed by atoms with Crippen LogP contribution in [0.2, 0.25) is 0 Å². The Balaban J connectivity index is 1.45. The third-order valence-electron chi connectivity index (χ3n) is 6.11. The van der Waals surface area contributed by atoms with Gasteiger partial charge >= 0.3 is 0 Å². The second-order valence-corrected chi connectivity index (χ2v) is 12.4. The molecule has 0 radical (unpaired) electrons. The van der Waals surface area contributed by atoms with E-state index in [1.54, 1.807) is 43.4 Å². The fourth-order valence-corrected chi connectivity index (χ4v) is 6.09. The van der Waals surface area contributed by atoms with Gasteiger partial charge in [-0.15, -0.1) is 0 Å². The van der Waals surface area contributed by atoms with Crippen LogP contribution in [0, 0.1) is 5.82 Å². The Kier molecular flexibility index (Phi) is 8.57. The number of anilines is 2. The van der Waals surface area contributed by atoms with Crippen LogP contribution in [0.1, 0.15) is 32.6 Å². The number of nitrogens with one attached hydrogen (secondary N) is 4. The molecule has 1 aromatic rings. The predicted octanol–water partition coefficient (Wildman–Crippen LogP) is 2.24. The number of allylic oxidation sites excluding steroid dienone is 9. The van der Waals surface area contributed by atoms with Gasteiger partial charge in [-0.3, -0.25) is 0 Å². The van der Waals surface area contributed by atoms with E-state index in [0.717, 1.165) is 37.5 Å². The van der Waals surface area contributed by atoms with Crippen LogP contribution in [0.5, 0.6) is 0 Å². The lowest BCUT2D eigenvalue weighted by molar-refractivity contribution is 0.428. The SMILES string of the molecule is C/C(=C1/C=CC=C(Nc2nc(NC3=CC=C/C(=C\S(N)(=O)=O)C3)ncc2F)C1)S(=O)(=O)NC1CCNCC1. The third-order valence-corrected chi connectivity index (χ3v) is 8.45. The lowest BCUT2D eigenvalue weighted by Gasteiger charge is -2.24. The predicted molar refractivity (Wildman–Crippen MR) is 145 cm³/mol. The maximum atomic E-state index is 14.6. The molecule has 1 saturated heterocycles. The molecule has 14 heteroatoms. The molecular weight excluding hydrogens is 533 g/mol. The highest BCUT2D eigenvalue weighted by molar-refractivity contribution is 7.93. The standard InChI is InChI=1S/C24H30FN7O4S2/c1-16(38(35,36)32-19-8-10-27-11-9-19)18-5-3-7-21(13-18)29-23-22(25)14-28-24(31-23)30-20-6-2-4-17(12-20)15-37(26,33)34/h2-7,14-15,19,27,32H,8-13H2,1H3,(H2,26,33,34)(H2,28,29,30,31)/b17-15+,18-16+. The van der Waals surface area contributed by atoms with E-state index < -0.39 is 25.9 Å². The first kappa shape index (κ1) is 27.9. The molecule has 38 heavy (non-hydrogen) atoms. The van der Waals surface area contributed by atoms with Crippen molar-refractivity contribution in [1.29, 1.82) is 0 Å². The van der Waals surface area contributed by atoms with Crippen LogP contribution < -0.4 is 25.8 Å². The smallest absolute Gasteiger partial charge is 0.236 e. The van der Waals surface area contributed by atoms with E-state index in [1.165, 1.54) is 0 Å². The Bertz CT molecular complexity index is 1490. The quantitative estimate of drug-likeness (QED) is 0.318. The number of aromatic nitrogens is 2. The van der Waals surface area contributed by atoms with E-state index in [1.807, 2.05) is 0 Å². The zero-order valence-electron chi connectivity index (χ0n) is 20.7. The first-order valence-electron chi connectivity index (χ1n) is 12.0. The molecule has 204 valence electrons. The molecule has 1 aliphatic heterocycles. The zero-order valence-corrected chi connectivity index (χ0v) is 22.4. The summed E-state index contributed by atoms with van der Waals surface area (Å²) < 4.78 is 65.9. The monoisotopic (exact) mass is 563 g/mol. The molecule has 4 rings (SSSR count). The molecule has 0 aromatic carbocycles. The van der Waals surface area contributed by atoms with Crippen LogP contribution in [0.3, 0.4) is 0 Å². The summed E-state index contributed by atoms with van der Waals surface area (Å²) in [7, 11) is -7.47. The van der Waals surface area contributed by atoms with Gasteiger partial charge in [-0.05, 0) is 56.2 Å². The molecule has 0 spiro atoms. The highest BCUT2D eigenvalue weighted by Gasteiger charge is 2.24. The van der Waals surface area contributed by atoms with Crippen molar-refractivity contribution in [2.24, 2.45) is 5.14 Å². The molecule has 2 heterocycles. The van der Waals surface area contributed by atoms with E-state index in [9.17, 15) is 21.2 Å². The summed E-state index contributed by atoms with van der Waals surface area (Å²) in [6, 6.07) is -0.111. The van der Waals surface area contributed by atoms with Crippen molar-refractivity contribution in [1.82, 2.24) is 20.0 Å². The zero-order chi connectivity index (χ0) is 27.3. The van der Waals surface area contributed by atoms with Crippen molar-refractivity contribution in [3.8, 4) is 0 Å². The summed E-state index contributed by atoms with van der Waals surface area (Å²) in [6.45, 7) is 3.09. The van der Waals surface area contributed by atoms with E-state index in [0.29, 0.717) is 22.5 Å².